The number of hydrogen-bond acceptors (Lipinski definition) is 2. The van der Waals surface area contributed by atoms with Crippen LogP contribution in [-0.4, -0.2) is 42.1 Å². The molecular formula is C13H26ClNO. The molecule has 0 bridgehead atoms. The van der Waals surface area contributed by atoms with Gasteiger partial charge in [0, 0.05) is 18.5 Å². The van der Waals surface area contributed by atoms with Crippen LogP contribution in [0.4, 0.5) is 0 Å². The molecule has 2 nitrogen and oxygen atoms in total. The van der Waals surface area contributed by atoms with Gasteiger partial charge in [-0.15, -0.1) is 11.6 Å². The zero-order chi connectivity index (χ0) is 12.0. The molecule has 96 valence electrons. The maximum Gasteiger partial charge on any atom is 0.0600 e. The summed E-state index contributed by atoms with van der Waals surface area (Å²) < 4.78 is 5.78. The first-order valence-electron chi connectivity index (χ1n) is 6.47. The van der Waals surface area contributed by atoms with Gasteiger partial charge in [0.2, 0.25) is 0 Å². The maximum absolute atomic E-state index is 5.78. The molecule has 0 aromatic carbocycles. The third kappa shape index (κ3) is 5.51. The first-order chi connectivity index (χ1) is 7.53. The van der Waals surface area contributed by atoms with E-state index in [-0.39, 0.29) is 5.60 Å². The molecule has 1 rings (SSSR count). The quantitative estimate of drug-likeness (QED) is 0.668. The van der Waals surface area contributed by atoms with Crippen LogP contribution in [0.5, 0.6) is 0 Å². The predicted molar refractivity (Wildman–Crippen MR) is 70.3 cm³/mol. The lowest BCUT2D eigenvalue weighted by atomic mass is 10.1. The lowest BCUT2D eigenvalue weighted by Crippen LogP contribution is -2.34. The summed E-state index contributed by atoms with van der Waals surface area (Å²) in [5.74, 6) is 0.794. The minimum atomic E-state index is -0.00857. The Bertz CT molecular complexity index is 191. The molecule has 0 radical (unpaired) electrons. The van der Waals surface area contributed by atoms with Crippen molar-refractivity contribution in [2.45, 2.75) is 58.1 Å². The monoisotopic (exact) mass is 247 g/mol. The van der Waals surface area contributed by atoms with Gasteiger partial charge in [0.15, 0.2) is 0 Å². The second-order valence-corrected chi connectivity index (χ2v) is 6.00. The summed E-state index contributed by atoms with van der Waals surface area (Å²) in [7, 11) is 0. The third-order valence-corrected chi connectivity index (χ3v) is 3.35. The van der Waals surface area contributed by atoms with Crippen LogP contribution in [0, 0.1) is 0 Å². The molecule has 1 aliphatic heterocycles. The highest BCUT2D eigenvalue weighted by molar-refractivity contribution is 6.17. The molecule has 0 aromatic heterocycles. The van der Waals surface area contributed by atoms with Crippen LogP contribution < -0.4 is 0 Å². The number of halogens is 1. The maximum atomic E-state index is 5.78. The average Bonchev–Trinajstić information content (AvgIpc) is 2.60. The van der Waals surface area contributed by atoms with E-state index in [4.69, 9.17) is 16.3 Å². The molecule has 0 saturated carbocycles. The Balaban J connectivity index is 2.19. The van der Waals surface area contributed by atoms with E-state index in [2.05, 4.69) is 25.7 Å². The molecule has 1 atom stereocenters. The molecule has 1 aliphatic rings. The first kappa shape index (κ1) is 14.3. The molecular weight excluding hydrogens is 222 g/mol. The third-order valence-electron chi connectivity index (χ3n) is 3.08. The zero-order valence-corrected chi connectivity index (χ0v) is 11.7. The van der Waals surface area contributed by atoms with Crippen molar-refractivity contribution >= 4 is 11.6 Å². The Hall–Kier alpha value is 0.210. The summed E-state index contributed by atoms with van der Waals surface area (Å²) in [6.07, 6.45) is 5.07. The summed E-state index contributed by atoms with van der Waals surface area (Å²) in [6.45, 7) is 9.50. The molecule has 0 aliphatic carbocycles. The second-order valence-electron chi connectivity index (χ2n) is 5.62. The van der Waals surface area contributed by atoms with Crippen LogP contribution in [0.15, 0.2) is 0 Å². The largest absolute Gasteiger partial charge is 0.375 e. The normalized spacial score (nSPS) is 22.9. The molecule has 1 saturated heterocycles. The molecule has 16 heavy (non-hydrogen) atoms. The highest BCUT2D eigenvalue weighted by Crippen LogP contribution is 2.21. The predicted octanol–water partition coefficient (Wildman–Crippen LogP) is 3.28. The summed E-state index contributed by atoms with van der Waals surface area (Å²) >= 11 is 5.75. The fourth-order valence-electron chi connectivity index (χ4n) is 2.30. The van der Waals surface area contributed by atoms with E-state index in [9.17, 15) is 0 Å². The summed E-state index contributed by atoms with van der Waals surface area (Å²) in [4.78, 5) is 2.57. The van der Waals surface area contributed by atoms with Crippen molar-refractivity contribution in [3.63, 3.8) is 0 Å². The van der Waals surface area contributed by atoms with Crippen LogP contribution in [0.3, 0.4) is 0 Å². The van der Waals surface area contributed by atoms with Crippen LogP contribution in [0.1, 0.15) is 46.5 Å². The zero-order valence-electron chi connectivity index (χ0n) is 11.0. The van der Waals surface area contributed by atoms with E-state index in [0.717, 1.165) is 31.5 Å². The average molecular weight is 248 g/mol. The lowest BCUT2D eigenvalue weighted by Gasteiger charge is -2.26. The standard InChI is InChI=1S/C13H26ClNO/c1-13(2,3)16-11-10-15-9-5-7-12(15)6-4-8-14/h12H,4-11H2,1-3H3. The molecule has 0 amide bonds. The second kappa shape index (κ2) is 6.83. The van der Waals surface area contributed by atoms with Crippen LogP contribution in [0.2, 0.25) is 0 Å². The minimum absolute atomic E-state index is 0.00857. The van der Waals surface area contributed by atoms with Gasteiger partial charge in [-0.25, -0.2) is 0 Å². The Kier molecular flexibility index (Phi) is 6.09. The van der Waals surface area contributed by atoms with Crippen molar-refractivity contribution < 1.29 is 4.74 Å². The van der Waals surface area contributed by atoms with Crippen molar-refractivity contribution in [2.75, 3.05) is 25.6 Å². The fourth-order valence-corrected chi connectivity index (χ4v) is 2.45. The highest BCUT2D eigenvalue weighted by Gasteiger charge is 2.23. The van der Waals surface area contributed by atoms with E-state index in [1.54, 1.807) is 0 Å². The van der Waals surface area contributed by atoms with Crippen LogP contribution in [-0.2, 0) is 4.74 Å². The van der Waals surface area contributed by atoms with Crippen molar-refractivity contribution in [1.29, 1.82) is 0 Å². The van der Waals surface area contributed by atoms with Gasteiger partial charge in [-0.3, -0.25) is 4.90 Å². The van der Waals surface area contributed by atoms with Gasteiger partial charge < -0.3 is 4.74 Å². The van der Waals surface area contributed by atoms with Gasteiger partial charge in [0.05, 0.1) is 12.2 Å². The lowest BCUT2D eigenvalue weighted by molar-refractivity contribution is -0.0146. The molecule has 1 fully saturated rings. The molecule has 3 heteroatoms. The Morgan fingerprint density at radius 2 is 2.12 bits per heavy atom. The van der Waals surface area contributed by atoms with Crippen molar-refractivity contribution in [2.24, 2.45) is 0 Å². The number of likely N-dealkylation sites (tertiary alicyclic amines) is 1. The van der Waals surface area contributed by atoms with Crippen molar-refractivity contribution in [3.8, 4) is 0 Å². The van der Waals surface area contributed by atoms with E-state index >= 15 is 0 Å². The van der Waals surface area contributed by atoms with Gasteiger partial charge in [-0.1, -0.05) is 0 Å². The van der Waals surface area contributed by atoms with Crippen LogP contribution in [0.25, 0.3) is 0 Å². The van der Waals surface area contributed by atoms with Gasteiger partial charge in [-0.2, -0.15) is 0 Å². The van der Waals surface area contributed by atoms with Crippen LogP contribution >= 0.6 is 11.6 Å². The Morgan fingerprint density at radius 3 is 2.75 bits per heavy atom. The molecule has 0 spiro atoms. The first-order valence-corrected chi connectivity index (χ1v) is 7.00. The number of nitrogens with zero attached hydrogens (tertiary/aromatic N) is 1. The minimum Gasteiger partial charge on any atom is -0.375 e. The summed E-state index contributed by atoms with van der Waals surface area (Å²) in [5.41, 5.74) is -0.00857. The molecule has 0 aromatic rings. The van der Waals surface area contributed by atoms with Crippen molar-refractivity contribution in [3.05, 3.63) is 0 Å². The van der Waals surface area contributed by atoms with Gasteiger partial charge in [-0.05, 0) is 53.0 Å². The van der Waals surface area contributed by atoms with Crippen molar-refractivity contribution in [1.82, 2.24) is 4.90 Å². The van der Waals surface area contributed by atoms with Gasteiger partial charge in [0.1, 0.15) is 0 Å². The van der Waals surface area contributed by atoms with E-state index in [1.165, 1.54) is 25.8 Å². The Labute approximate surface area is 105 Å². The number of rotatable bonds is 6. The highest BCUT2D eigenvalue weighted by atomic mass is 35.5. The van der Waals surface area contributed by atoms with Gasteiger partial charge in [0.25, 0.3) is 0 Å². The molecule has 1 heterocycles. The van der Waals surface area contributed by atoms with Gasteiger partial charge >= 0.3 is 0 Å². The summed E-state index contributed by atoms with van der Waals surface area (Å²) in [5, 5.41) is 0. The molecule has 0 N–H and O–H groups in total. The molecule has 1 unspecified atom stereocenters. The van der Waals surface area contributed by atoms with E-state index < -0.39 is 0 Å². The summed E-state index contributed by atoms with van der Waals surface area (Å²) in [6, 6.07) is 0.752. The van der Waals surface area contributed by atoms with E-state index in [1.807, 2.05) is 0 Å². The number of alkyl halides is 1. The Morgan fingerprint density at radius 1 is 1.38 bits per heavy atom. The number of hydrogen-bond donors (Lipinski definition) is 0. The fraction of sp³-hybridized carbons (Fsp3) is 1.00. The topological polar surface area (TPSA) is 12.5 Å². The van der Waals surface area contributed by atoms with E-state index in [0.29, 0.717) is 0 Å². The SMILES string of the molecule is CC(C)(C)OCCN1CCCC1CCCCl. The smallest absolute Gasteiger partial charge is 0.0600 e. The number of ether oxygens (including phenoxy) is 1.